The Morgan fingerprint density at radius 3 is 2.86 bits per heavy atom. The van der Waals surface area contributed by atoms with E-state index in [1.807, 2.05) is 0 Å². The van der Waals surface area contributed by atoms with Crippen molar-refractivity contribution in [2.45, 2.75) is 46.0 Å². The van der Waals surface area contributed by atoms with E-state index in [9.17, 15) is 4.79 Å². The third-order valence-electron chi connectivity index (χ3n) is 4.62. The molecule has 1 fully saturated rings. The maximum absolute atomic E-state index is 12.6. The smallest absolute Gasteiger partial charge is 0.227 e. The summed E-state index contributed by atoms with van der Waals surface area (Å²) in [6.07, 6.45) is 5.08. The minimum absolute atomic E-state index is 0.182. The van der Waals surface area contributed by atoms with E-state index in [0.29, 0.717) is 0 Å². The molecule has 0 aliphatic carbocycles. The predicted molar refractivity (Wildman–Crippen MR) is 87.3 cm³/mol. The van der Waals surface area contributed by atoms with Gasteiger partial charge < -0.3 is 10.6 Å². The number of nitrogens with one attached hydrogen (secondary N) is 2. The fraction of sp³-hybridized carbons (Fsp3) is 0.611. The van der Waals surface area contributed by atoms with Crippen molar-refractivity contribution in [3.8, 4) is 0 Å². The topological polar surface area (TPSA) is 41.1 Å². The number of aryl methyl sites for hydroxylation is 1. The van der Waals surface area contributed by atoms with Crippen LogP contribution in [0.15, 0.2) is 24.3 Å². The lowest BCUT2D eigenvalue weighted by atomic mass is 9.76. The minimum atomic E-state index is -0.182. The van der Waals surface area contributed by atoms with Crippen molar-refractivity contribution >= 4 is 5.91 Å². The van der Waals surface area contributed by atoms with Crippen molar-refractivity contribution in [1.29, 1.82) is 0 Å². The second kappa shape index (κ2) is 7.60. The molecule has 1 amide bonds. The molecule has 21 heavy (non-hydrogen) atoms. The first-order valence-electron chi connectivity index (χ1n) is 8.21. The zero-order chi connectivity index (χ0) is 15.1. The standard InChI is InChI=1S/C18H28N2O/c1-3-10-18(11-6-12-19-14-18)17(21)20-13-9-16-8-5-4-7-15(16)2/h4-5,7-8,19H,3,6,9-14H2,1-2H3,(H,20,21). The van der Waals surface area contributed by atoms with E-state index in [0.717, 1.165) is 51.7 Å². The molecule has 0 saturated carbocycles. The molecule has 1 aliphatic heterocycles. The summed E-state index contributed by atoms with van der Waals surface area (Å²) in [6, 6.07) is 8.39. The Morgan fingerprint density at radius 2 is 2.19 bits per heavy atom. The predicted octanol–water partition coefficient (Wildman–Crippen LogP) is 2.82. The lowest BCUT2D eigenvalue weighted by molar-refractivity contribution is -0.132. The molecule has 1 aromatic rings. The summed E-state index contributed by atoms with van der Waals surface area (Å²) in [7, 11) is 0. The van der Waals surface area contributed by atoms with E-state index in [-0.39, 0.29) is 11.3 Å². The van der Waals surface area contributed by atoms with Gasteiger partial charge in [-0.15, -0.1) is 0 Å². The maximum atomic E-state index is 12.6. The number of hydrogen-bond donors (Lipinski definition) is 2. The molecule has 0 spiro atoms. The molecule has 3 nitrogen and oxygen atoms in total. The molecule has 1 atom stereocenters. The van der Waals surface area contributed by atoms with E-state index >= 15 is 0 Å². The largest absolute Gasteiger partial charge is 0.355 e. The SMILES string of the molecule is CCCC1(C(=O)NCCc2ccccc2C)CCCNC1. The van der Waals surface area contributed by atoms with Crippen LogP contribution in [0.5, 0.6) is 0 Å². The normalized spacial score (nSPS) is 22.0. The van der Waals surface area contributed by atoms with Crippen LogP contribution >= 0.6 is 0 Å². The van der Waals surface area contributed by atoms with Gasteiger partial charge in [0.15, 0.2) is 0 Å². The minimum Gasteiger partial charge on any atom is -0.355 e. The Bertz CT molecular complexity index is 459. The Hall–Kier alpha value is -1.35. The first-order valence-corrected chi connectivity index (χ1v) is 8.21. The van der Waals surface area contributed by atoms with Crippen molar-refractivity contribution < 1.29 is 4.79 Å². The first-order chi connectivity index (χ1) is 10.2. The van der Waals surface area contributed by atoms with Gasteiger partial charge >= 0.3 is 0 Å². The van der Waals surface area contributed by atoms with E-state index in [1.54, 1.807) is 0 Å². The number of piperidine rings is 1. The Labute approximate surface area is 128 Å². The van der Waals surface area contributed by atoms with Crippen molar-refractivity contribution in [2.75, 3.05) is 19.6 Å². The van der Waals surface area contributed by atoms with Gasteiger partial charge in [-0.25, -0.2) is 0 Å². The van der Waals surface area contributed by atoms with Gasteiger partial charge in [-0.2, -0.15) is 0 Å². The number of amides is 1. The van der Waals surface area contributed by atoms with Gasteiger partial charge in [-0.1, -0.05) is 37.6 Å². The van der Waals surface area contributed by atoms with Crippen LogP contribution in [0.2, 0.25) is 0 Å². The zero-order valence-electron chi connectivity index (χ0n) is 13.4. The van der Waals surface area contributed by atoms with Gasteiger partial charge in [0.1, 0.15) is 0 Å². The summed E-state index contributed by atoms with van der Waals surface area (Å²) in [5.41, 5.74) is 2.44. The number of rotatable bonds is 6. The van der Waals surface area contributed by atoms with E-state index in [4.69, 9.17) is 0 Å². The maximum Gasteiger partial charge on any atom is 0.227 e. The monoisotopic (exact) mass is 288 g/mol. The van der Waals surface area contributed by atoms with Crippen LogP contribution in [-0.2, 0) is 11.2 Å². The highest BCUT2D eigenvalue weighted by atomic mass is 16.2. The van der Waals surface area contributed by atoms with Crippen LogP contribution in [0.1, 0.15) is 43.7 Å². The van der Waals surface area contributed by atoms with Crippen LogP contribution in [0.25, 0.3) is 0 Å². The molecular formula is C18H28N2O. The highest BCUT2D eigenvalue weighted by Gasteiger charge is 2.38. The van der Waals surface area contributed by atoms with Crippen molar-refractivity contribution in [2.24, 2.45) is 5.41 Å². The first kappa shape index (κ1) is 16.0. The number of carbonyl (C=O) groups is 1. The molecule has 1 saturated heterocycles. The Kier molecular flexibility index (Phi) is 5.80. The third kappa shape index (κ3) is 4.07. The molecular weight excluding hydrogens is 260 g/mol. The van der Waals surface area contributed by atoms with Gasteiger partial charge in [-0.05, 0) is 50.3 Å². The van der Waals surface area contributed by atoms with Gasteiger partial charge in [0.05, 0.1) is 5.41 Å². The molecule has 0 radical (unpaired) electrons. The summed E-state index contributed by atoms with van der Waals surface area (Å²) >= 11 is 0. The molecule has 3 heteroatoms. The molecule has 2 N–H and O–H groups in total. The molecule has 0 bridgehead atoms. The number of carbonyl (C=O) groups excluding carboxylic acids is 1. The van der Waals surface area contributed by atoms with E-state index < -0.39 is 0 Å². The average molecular weight is 288 g/mol. The fourth-order valence-electron chi connectivity index (χ4n) is 3.36. The fourth-order valence-corrected chi connectivity index (χ4v) is 3.36. The second-order valence-corrected chi connectivity index (χ2v) is 6.24. The third-order valence-corrected chi connectivity index (χ3v) is 4.62. The number of hydrogen-bond acceptors (Lipinski definition) is 2. The molecule has 0 aromatic heterocycles. The van der Waals surface area contributed by atoms with Crippen molar-refractivity contribution in [1.82, 2.24) is 10.6 Å². The summed E-state index contributed by atoms with van der Waals surface area (Å²) in [5.74, 6) is 0.241. The number of benzene rings is 1. The quantitative estimate of drug-likeness (QED) is 0.845. The van der Waals surface area contributed by atoms with Gasteiger partial charge in [0.2, 0.25) is 5.91 Å². The second-order valence-electron chi connectivity index (χ2n) is 6.24. The van der Waals surface area contributed by atoms with Crippen molar-refractivity contribution in [3.05, 3.63) is 35.4 Å². The van der Waals surface area contributed by atoms with Gasteiger partial charge in [0.25, 0.3) is 0 Å². The van der Waals surface area contributed by atoms with Gasteiger partial charge in [-0.3, -0.25) is 4.79 Å². The van der Waals surface area contributed by atoms with E-state index in [1.165, 1.54) is 11.1 Å². The highest BCUT2D eigenvalue weighted by Crippen LogP contribution is 2.31. The Morgan fingerprint density at radius 1 is 1.38 bits per heavy atom. The molecule has 116 valence electrons. The van der Waals surface area contributed by atoms with Crippen LogP contribution in [0.4, 0.5) is 0 Å². The summed E-state index contributed by atoms with van der Waals surface area (Å²) < 4.78 is 0. The van der Waals surface area contributed by atoms with Crippen LogP contribution in [0.3, 0.4) is 0 Å². The van der Waals surface area contributed by atoms with Crippen LogP contribution in [0, 0.1) is 12.3 Å². The van der Waals surface area contributed by atoms with Gasteiger partial charge in [0, 0.05) is 13.1 Å². The molecule has 1 aliphatic rings. The molecule has 1 aromatic carbocycles. The zero-order valence-corrected chi connectivity index (χ0v) is 13.4. The lowest BCUT2D eigenvalue weighted by Crippen LogP contribution is -2.50. The Balaban J connectivity index is 1.89. The highest BCUT2D eigenvalue weighted by molar-refractivity contribution is 5.83. The summed E-state index contributed by atoms with van der Waals surface area (Å²) in [5, 5.41) is 6.57. The molecule has 1 heterocycles. The van der Waals surface area contributed by atoms with Crippen LogP contribution in [-0.4, -0.2) is 25.5 Å². The summed E-state index contributed by atoms with van der Waals surface area (Å²) in [6.45, 7) is 6.89. The van der Waals surface area contributed by atoms with Crippen LogP contribution < -0.4 is 10.6 Å². The molecule has 2 rings (SSSR count). The average Bonchev–Trinajstić information content (AvgIpc) is 2.50. The van der Waals surface area contributed by atoms with Crippen molar-refractivity contribution in [3.63, 3.8) is 0 Å². The molecule has 1 unspecified atom stereocenters. The lowest BCUT2D eigenvalue weighted by Gasteiger charge is -2.36. The van der Waals surface area contributed by atoms with E-state index in [2.05, 4.69) is 48.7 Å². The summed E-state index contributed by atoms with van der Waals surface area (Å²) in [4.78, 5) is 12.6.